The van der Waals surface area contributed by atoms with Crippen LogP contribution < -0.4 is 4.90 Å². The van der Waals surface area contributed by atoms with E-state index in [4.69, 9.17) is 0 Å². The molecule has 24 heavy (non-hydrogen) atoms. The summed E-state index contributed by atoms with van der Waals surface area (Å²) in [6.07, 6.45) is 9.39. The van der Waals surface area contributed by atoms with Crippen molar-refractivity contribution < 1.29 is 4.79 Å². The van der Waals surface area contributed by atoms with Gasteiger partial charge in [-0.3, -0.25) is 9.78 Å². The molecule has 0 unspecified atom stereocenters. The minimum absolute atomic E-state index is 0.0694. The molecule has 0 spiro atoms. The number of hydrogen-bond donors (Lipinski definition) is 0. The molecule has 2 saturated heterocycles. The molecule has 2 atom stereocenters. The van der Waals surface area contributed by atoms with E-state index in [0.29, 0.717) is 5.91 Å². The Morgan fingerprint density at radius 2 is 2.12 bits per heavy atom. The van der Waals surface area contributed by atoms with Crippen molar-refractivity contribution in [2.24, 2.45) is 5.92 Å². The zero-order chi connectivity index (χ0) is 16.4. The number of carbonyl (C=O) groups is 1. The first-order valence-electron chi connectivity index (χ1n) is 8.66. The Morgan fingerprint density at radius 1 is 1.21 bits per heavy atom. The van der Waals surface area contributed by atoms with Crippen LogP contribution in [0.2, 0.25) is 0 Å². The molecule has 0 N–H and O–H groups in total. The molecule has 0 saturated carbocycles. The molecule has 2 aliphatic rings. The van der Waals surface area contributed by atoms with Gasteiger partial charge in [-0.15, -0.1) is 0 Å². The number of likely N-dealkylation sites (tertiary alicyclic amines) is 1. The van der Waals surface area contributed by atoms with Crippen molar-refractivity contribution in [3.05, 3.63) is 41.0 Å². The molecular weight excluding hydrogens is 320 g/mol. The Hall–Kier alpha value is -1.95. The third-order valence-corrected chi connectivity index (χ3v) is 5.81. The van der Waals surface area contributed by atoms with Crippen molar-refractivity contribution in [3.8, 4) is 0 Å². The van der Waals surface area contributed by atoms with E-state index < -0.39 is 0 Å². The molecule has 4 rings (SSSR count). The SMILES string of the molecule is O=C([C@H]1CCCN(c2cnccn2)C1)N1CCC[C@@H]1c1ccsc1. The maximum Gasteiger partial charge on any atom is 0.227 e. The highest BCUT2D eigenvalue weighted by atomic mass is 32.1. The fraction of sp³-hybridized carbons (Fsp3) is 0.500. The number of thiophene rings is 1. The van der Waals surface area contributed by atoms with Gasteiger partial charge in [-0.25, -0.2) is 4.98 Å². The van der Waals surface area contributed by atoms with E-state index in [9.17, 15) is 4.79 Å². The van der Waals surface area contributed by atoms with Gasteiger partial charge in [0.15, 0.2) is 0 Å². The van der Waals surface area contributed by atoms with E-state index in [0.717, 1.165) is 51.1 Å². The number of amides is 1. The Labute approximate surface area is 146 Å². The minimum Gasteiger partial charge on any atom is -0.355 e. The Bertz CT molecular complexity index is 676. The lowest BCUT2D eigenvalue weighted by atomic mass is 9.95. The van der Waals surface area contributed by atoms with Crippen LogP contribution in [0.25, 0.3) is 0 Å². The number of hydrogen-bond acceptors (Lipinski definition) is 5. The summed E-state index contributed by atoms with van der Waals surface area (Å²) in [6.45, 7) is 2.60. The van der Waals surface area contributed by atoms with Crippen LogP contribution in [0.4, 0.5) is 5.82 Å². The average Bonchev–Trinajstić information content (AvgIpc) is 3.33. The van der Waals surface area contributed by atoms with E-state index in [1.807, 2.05) is 0 Å². The summed E-state index contributed by atoms with van der Waals surface area (Å²) in [4.78, 5) is 26.0. The molecule has 6 heteroatoms. The van der Waals surface area contributed by atoms with Crippen molar-refractivity contribution in [2.45, 2.75) is 31.7 Å². The zero-order valence-electron chi connectivity index (χ0n) is 13.7. The molecule has 2 aliphatic heterocycles. The summed E-state index contributed by atoms with van der Waals surface area (Å²) in [6, 6.07) is 2.43. The second-order valence-corrected chi connectivity index (χ2v) is 7.38. The Morgan fingerprint density at radius 3 is 2.92 bits per heavy atom. The van der Waals surface area contributed by atoms with Gasteiger partial charge in [-0.1, -0.05) is 0 Å². The van der Waals surface area contributed by atoms with Crippen LogP contribution in [0.5, 0.6) is 0 Å². The van der Waals surface area contributed by atoms with Crippen LogP contribution in [0.15, 0.2) is 35.4 Å². The van der Waals surface area contributed by atoms with Gasteiger partial charge < -0.3 is 9.80 Å². The van der Waals surface area contributed by atoms with Crippen molar-refractivity contribution in [3.63, 3.8) is 0 Å². The summed E-state index contributed by atoms with van der Waals surface area (Å²) < 4.78 is 0. The molecule has 2 fully saturated rings. The van der Waals surface area contributed by atoms with Gasteiger partial charge in [-0.2, -0.15) is 11.3 Å². The number of anilines is 1. The fourth-order valence-corrected chi connectivity index (χ4v) is 4.62. The molecule has 2 aromatic rings. The lowest BCUT2D eigenvalue weighted by molar-refractivity contribution is -0.136. The molecule has 5 nitrogen and oxygen atoms in total. The van der Waals surface area contributed by atoms with Crippen molar-refractivity contribution >= 4 is 23.1 Å². The standard InChI is InChI=1S/C18H22N4OS/c23-18(22-9-2-4-16(22)15-5-10-24-13-15)14-3-1-8-21(12-14)17-11-19-6-7-20-17/h5-7,10-11,13-14,16H,1-4,8-9,12H2/t14-,16+/m0/s1. The van der Waals surface area contributed by atoms with E-state index >= 15 is 0 Å². The molecule has 4 heterocycles. The van der Waals surface area contributed by atoms with Crippen LogP contribution in [0.3, 0.4) is 0 Å². The molecule has 1 amide bonds. The summed E-state index contributed by atoms with van der Waals surface area (Å²) in [5.74, 6) is 1.27. The van der Waals surface area contributed by atoms with Crippen LogP contribution in [0, 0.1) is 5.92 Å². The van der Waals surface area contributed by atoms with Gasteiger partial charge >= 0.3 is 0 Å². The third kappa shape index (κ3) is 3.02. The van der Waals surface area contributed by atoms with Gasteiger partial charge in [-0.05, 0) is 48.1 Å². The summed E-state index contributed by atoms with van der Waals surface area (Å²) in [5, 5.41) is 4.29. The van der Waals surface area contributed by atoms with E-state index in [-0.39, 0.29) is 12.0 Å². The van der Waals surface area contributed by atoms with Gasteiger partial charge in [0, 0.05) is 32.0 Å². The van der Waals surface area contributed by atoms with Crippen LogP contribution in [0.1, 0.15) is 37.3 Å². The fourth-order valence-electron chi connectivity index (χ4n) is 3.92. The van der Waals surface area contributed by atoms with Gasteiger partial charge in [0.1, 0.15) is 5.82 Å². The normalized spacial score (nSPS) is 24.3. The number of aromatic nitrogens is 2. The number of nitrogens with zero attached hydrogens (tertiary/aromatic N) is 4. The first kappa shape index (κ1) is 15.6. The van der Waals surface area contributed by atoms with Crippen LogP contribution in [-0.2, 0) is 4.79 Å². The van der Waals surface area contributed by atoms with Gasteiger partial charge in [0.25, 0.3) is 0 Å². The molecule has 126 valence electrons. The monoisotopic (exact) mass is 342 g/mol. The van der Waals surface area contributed by atoms with Gasteiger partial charge in [0.2, 0.25) is 5.91 Å². The number of rotatable bonds is 3. The molecule has 0 radical (unpaired) electrons. The maximum absolute atomic E-state index is 13.1. The second kappa shape index (κ2) is 6.89. The Kier molecular flexibility index (Phi) is 4.47. The van der Waals surface area contributed by atoms with Crippen molar-refractivity contribution in [2.75, 3.05) is 24.5 Å². The number of carbonyl (C=O) groups excluding carboxylic acids is 1. The quantitative estimate of drug-likeness (QED) is 0.860. The number of piperidine rings is 1. The van der Waals surface area contributed by atoms with Crippen LogP contribution in [-0.4, -0.2) is 40.4 Å². The molecular formula is C18H22N4OS. The first-order chi connectivity index (χ1) is 11.8. The topological polar surface area (TPSA) is 49.3 Å². The molecule has 0 aromatic carbocycles. The smallest absolute Gasteiger partial charge is 0.227 e. The van der Waals surface area contributed by atoms with Crippen molar-refractivity contribution in [1.29, 1.82) is 0 Å². The molecule has 0 bridgehead atoms. The average molecular weight is 342 g/mol. The highest BCUT2D eigenvalue weighted by Gasteiger charge is 2.36. The molecule has 2 aromatic heterocycles. The predicted octanol–water partition coefficient (Wildman–Crippen LogP) is 3.12. The third-order valence-electron chi connectivity index (χ3n) is 5.11. The first-order valence-corrected chi connectivity index (χ1v) is 9.61. The predicted molar refractivity (Wildman–Crippen MR) is 95.0 cm³/mol. The highest BCUT2D eigenvalue weighted by Crippen LogP contribution is 2.35. The van der Waals surface area contributed by atoms with Gasteiger partial charge in [0.05, 0.1) is 18.2 Å². The van der Waals surface area contributed by atoms with E-state index in [2.05, 4.69) is 36.6 Å². The second-order valence-electron chi connectivity index (χ2n) is 6.60. The largest absolute Gasteiger partial charge is 0.355 e. The maximum atomic E-state index is 13.1. The zero-order valence-corrected chi connectivity index (χ0v) is 14.5. The van der Waals surface area contributed by atoms with Crippen LogP contribution >= 0.6 is 11.3 Å². The minimum atomic E-state index is 0.0694. The highest BCUT2D eigenvalue weighted by molar-refractivity contribution is 7.07. The summed E-state index contributed by atoms with van der Waals surface area (Å²) in [5.41, 5.74) is 1.30. The van der Waals surface area contributed by atoms with E-state index in [1.165, 1.54) is 5.56 Å². The summed E-state index contributed by atoms with van der Waals surface area (Å²) >= 11 is 1.71. The summed E-state index contributed by atoms with van der Waals surface area (Å²) in [7, 11) is 0. The van der Waals surface area contributed by atoms with E-state index in [1.54, 1.807) is 29.9 Å². The molecule has 0 aliphatic carbocycles. The lowest BCUT2D eigenvalue weighted by Gasteiger charge is -2.36. The lowest BCUT2D eigenvalue weighted by Crippen LogP contribution is -2.45. The Balaban J connectivity index is 1.47. The van der Waals surface area contributed by atoms with Crippen molar-refractivity contribution in [1.82, 2.24) is 14.9 Å².